The van der Waals surface area contributed by atoms with E-state index in [1.807, 2.05) is 42.5 Å². The molecular weight excluding hydrogens is 354 g/mol. The fraction of sp³-hybridized carbons (Fsp3) is 0.364. The Balaban J connectivity index is 1.89. The van der Waals surface area contributed by atoms with Gasteiger partial charge < -0.3 is 9.47 Å². The molecule has 0 aliphatic carbocycles. The lowest BCUT2D eigenvalue weighted by Gasteiger charge is -2.19. The van der Waals surface area contributed by atoms with Crippen molar-refractivity contribution in [2.75, 3.05) is 25.2 Å². The molecule has 0 saturated heterocycles. The van der Waals surface area contributed by atoms with Gasteiger partial charge >= 0.3 is 11.8 Å². The van der Waals surface area contributed by atoms with Crippen LogP contribution >= 0.6 is 0 Å². The summed E-state index contributed by atoms with van der Waals surface area (Å²) in [5.41, 5.74) is 8.04. The van der Waals surface area contributed by atoms with E-state index in [1.165, 1.54) is 5.56 Å². The fourth-order valence-corrected chi connectivity index (χ4v) is 2.42. The van der Waals surface area contributed by atoms with E-state index in [0.29, 0.717) is 19.8 Å². The summed E-state index contributed by atoms with van der Waals surface area (Å²) >= 11 is 0. The molecule has 6 nitrogen and oxygen atoms in total. The van der Waals surface area contributed by atoms with E-state index >= 15 is 0 Å². The van der Waals surface area contributed by atoms with Crippen molar-refractivity contribution >= 4 is 17.5 Å². The zero-order valence-electron chi connectivity index (χ0n) is 17.0. The molecule has 2 aromatic rings. The second-order valence-electron chi connectivity index (χ2n) is 7.26. The van der Waals surface area contributed by atoms with Crippen molar-refractivity contribution in [3.05, 3.63) is 60.2 Å². The van der Waals surface area contributed by atoms with Crippen LogP contribution in [0.5, 0.6) is 5.75 Å². The van der Waals surface area contributed by atoms with Crippen LogP contribution in [0.2, 0.25) is 0 Å². The van der Waals surface area contributed by atoms with Gasteiger partial charge in [-0.2, -0.15) is 5.43 Å². The van der Waals surface area contributed by atoms with Crippen molar-refractivity contribution in [1.29, 1.82) is 0 Å². The molecule has 0 aliphatic heterocycles. The molecule has 0 unspecified atom stereocenters. The van der Waals surface area contributed by atoms with E-state index in [9.17, 15) is 4.79 Å². The zero-order valence-corrected chi connectivity index (χ0v) is 17.0. The summed E-state index contributed by atoms with van der Waals surface area (Å²) in [6.45, 7) is 9.45. The molecule has 0 spiro atoms. The second kappa shape index (κ2) is 10.3. The minimum absolute atomic E-state index is 0.112. The Morgan fingerprint density at radius 1 is 1.04 bits per heavy atom. The molecular formula is C22H30N3O3+. The van der Waals surface area contributed by atoms with Crippen LogP contribution < -0.4 is 20.6 Å². The number of ether oxygens (including phenoxy) is 2. The zero-order chi connectivity index (χ0) is 20.4. The monoisotopic (exact) mass is 384 g/mol. The molecule has 0 bridgehead atoms. The third-order valence-electron chi connectivity index (χ3n) is 3.98. The Morgan fingerprint density at radius 2 is 1.71 bits per heavy atom. The third kappa shape index (κ3) is 6.95. The second-order valence-corrected chi connectivity index (χ2v) is 7.26. The molecule has 0 aliphatic rings. The normalized spacial score (nSPS) is 11.6. The lowest BCUT2D eigenvalue weighted by molar-refractivity contribution is -0.460. The molecule has 0 fully saturated rings. The minimum Gasteiger partial charge on any atom is -0.490 e. The summed E-state index contributed by atoms with van der Waals surface area (Å²) in [7, 11) is 0. The Hall–Kier alpha value is -3.02. The van der Waals surface area contributed by atoms with Gasteiger partial charge in [-0.3, -0.25) is 4.99 Å². The van der Waals surface area contributed by atoms with Gasteiger partial charge in [0.25, 0.3) is 0 Å². The molecule has 2 rings (SSSR count). The highest BCUT2D eigenvalue weighted by molar-refractivity contribution is 6.32. The van der Waals surface area contributed by atoms with Crippen LogP contribution in [0.15, 0.2) is 54.6 Å². The standard InChI is InChI=1S/C22H29N3O3/c1-5-27-21(26)20(25-24-18-9-7-6-8-10-18)23-15-16-28-19-13-11-17(12-14-19)22(2,3)4/h6-14,24H,5,15-16H2,1-4H3,(H,23,25)/p+1. The number of anilines is 1. The number of esters is 1. The van der Waals surface area contributed by atoms with Crippen LogP contribution in [0.3, 0.4) is 0 Å². The smallest absolute Gasteiger partial charge is 0.423 e. The van der Waals surface area contributed by atoms with Crippen molar-refractivity contribution in [3.63, 3.8) is 0 Å². The Morgan fingerprint density at radius 3 is 2.32 bits per heavy atom. The van der Waals surface area contributed by atoms with Crippen LogP contribution in [0.1, 0.15) is 33.3 Å². The molecule has 0 radical (unpaired) electrons. The van der Waals surface area contributed by atoms with E-state index in [-0.39, 0.29) is 11.3 Å². The number of hydrogen-bond acceptors (Lipinski definition) is 4. The van der Waals surface area contributed by atoms with Crippen LogP contribution in [0, 0.1) is 0 Å². The summed E-state index contributed by atoms with van der Waals surface area (Å²) in [6.07, 6.45) is 0. The molecule has 0 amide bonds. The lowest BCUT2D eigenvalue weighted by atomic mass is 9.87. The molecule has 3 N–H and O–H groups in total. The van der Waals surface area contributed by atoms with E-state index in [2.05, 4.69) is 48.7 Å². The molecule has 0 saturated carbocycles. The topological polar surface area (TPSA) is 73.6 Å². The van der Waals surface area contributed by atoms with Gasteiger partial charge in [0.15, 0.2) is 0 Å². The number of para-hydroxylation sites is 1. The highest BCUT2D eigenvalue weighted by Crippen LogP contribution is 2.24. The van der Waals surface area contributed by atoms with Gasteiger partial charge in [0.1, 0.15) is 18.9 Å². The SMILES string of the molecule is CCOC(=O)C(NNc1ccccc1)=[NH+]CCOc1ccc(C(C)(C)C)cc1. The maximum Gasteiger partial charge on any atom is 0.423 e. The number of amidine groups is 1. The molecule has 28 heavy (non-hydrogen) atoms. The highest BCUT2D eigenvalue weighted by Gasteiger charge is 2.19. The lowest BCUT2D eigenvalue weighted by Crippen LogP contribution is -2.79. The van der Waals surface area contributed by atoms with E-state index in [4.69, 9.17) is 9.47 Å². The van der Waals surface area contributed by atoms with Crippen molar-refractivity contribution in [2.24, 2.45) is 0 Å². The summed E-state index contributed by atoms with van der Waals surface area (Å²) in [5, 5.41) is 0. The van der Waals surface area contributed by atoms with Crippen LogP contribution in [-0.2, 0) is 14.9 Å². The first-order valence-corrected chi connectivity index (χ1v) is 9.48. The molecule has 0 aromatic heterocycles. The van der Waals surface area contributed by atoms with Gasteiger partial charge in [-0.05, 0) is 42.2 Å². The van der Waals surface area contributed by atoms with Crippen LogP contribution in [-0.4, -0.2) is 31.6 Å². The van der Waals surface area contributed by atoms with Crippen molar-refractivity contribution in [1.82, 2.24) is 5.43 Å². The first kappa shape index (κ1) is 21.3. The minimum atomic E-state index is -0.458. The maximum atomic E-state index is 12.1. The first-order chi connectivity index (χ1) is 13.4. The summed E-state index contributed by atoms with van der Waals surface area (Å²) in [6, 6.07) is 17.6. The van der Waals surface area contributed by atoms with E-state index < -0.39 is 5.97 Å². The van der Waals surface area contributed by atoms with Gasteiger partial charge in [0.2, 0.25) is 0 Å². The quantitative estimate of drug-likeness (QED) is 0.224. The van der Waals surface area contributed by atoms with Gasteiger partial charge in [-0.15, -0.1) is 0 Å². The van der Waals surface area contributed by atoms with Crippen LogP contribution in [0.25, 0.3) is 0 Å². The van der Waals surface area contributed by atoms with Crippen molar-refractivity contribution in [2.45, 2.75) is 33.1 Å². The van der Waals surface area contributed by atoms with E-state index in [0.717, 1.165) is 11.4 Å². The van der Waals surface area contributed by atoms with Crippen LogP contribution in [0.4, 0.5) is 5.69 Å². The predicted octanol–water partition coefficient (Wildman–Crippen LogP) is 2.02. The first-order valence-electron chi connectivity index (χ1n) is 9.48. The number of hydrazine groups is 1. The fourth-order valence-electron chi connectivity index (χ4n) is 2.42. The summed E-state index contributed by atoms with van der Waals surface area (Å²) < 4.78 is 10.8. The van der Waals surface area contributed by atoms with Gasteiger partial charge in [-0.1, -0.05) is 51.1 Å². The number of nitrogens with one attached hydrogen (secondary N) is 3. The van der Waals surface area contributed by atoms with Gasteiger partial charge in [-0.25, -0.2) is 10.2 Å². The summed E-state index contributed by atoms with van der Waals surface area (Å²) in [4.78, 5) is 15.1. The van der Waals surface area contributed by atoms with Gasteiger partial charge in [0, 0.05) is 0 Å². The molecule has 2 aromatic carbocycles. The molecule has 0 atom stereocenters. The highest BCUT2D eigenvalue weighted by atomic mass is 16.5. The average Bonchev–Trinajstić information content (AvgIpc) is 2.68. The Kier molecular flexibility index (Phi) is 7.87. The van der Waals surface area contributed by atoms with Crippen molar-refractivity contribution in [3.8, 4) is 5.75 Å². The number of carbonyl (C=O) groups is 1. The predicted molar refractivity (Wildman–Crippen MR) is 111 cm³/mol. The molecule has 150 valence electrons. The largest absolute Gasteiger partial charge is 0.490 e. The average molecular weight is 385 g/mol. The number of hydrogen-bond donors (Lipinski definition) is 3. The number of carbonyl (C=O) groups excluding carboxylic acids is 1. The number of rotatable bonds is 7. The van der Waals surface area contributed by atoms with Crippen molar-refractivity contribution < 1.29 is 19.3 Å². The third-order valence-corrected chi connectivity index (χ3v) is 3.98. The van der Waals surface area contributed by atoms with Gasteiger partial charge in [0.05, 0.1) is 12.3 Å². The molecule has 6 heteroatoms. The summed E-state index contributed by atoms with van der Waals surface area (Å²) in [5.74, 6) is 0.570. The number of benzene rings is 2. The molecule has 0 heterocycles. The maximum absolute atomic E-state index is 12.1. The Bertz CT molecular complexity index is 766. The van der Waals surface area contributed by atoms with E-state index in [1.54, 1.807) is 6.92 Å². The Labute approximate surface area is 166 Å².